The van der Waals surface area contributed by atoms with Crippen LogP contribution in [-0.4, -0.2) is 32.9 Å². The number of rotatable bonds is 3. The zero-order chi connectivity index (χ0) is 13.6. The zero-order valence-electron chi connectivity index (χ0n) is 10.8. The van der Waals surface area contributed by atoms with Crippen LogP contribution in [0.25, 0.3) is 0 Å². The van der Waals surface area contributed by atoms with Crippen molar-refractivity contribution in [3.8, 4) is 0 Å². The number of benzene rings is 1. The number of nitrogens with one attached hydrogen (secondary N) is 1. The molecule has 104 valence electrons. The number of anilines is 2. The summed E-state index contributed by atoms with van der Waals surface area (Å²) in [7, 11) is -3.21. The van der Waals surface area contributed by atoms with Crippen LogP contribution in [0.5, 0.6) is 0 Å². The Kier molecular flexibility index (Phi) is 2.94. The van der Waals surface area contributed by atoms with E-state index >= 15 is 0 Å². The SMILES string of the molecule is CS(=O)(=O)c1ccc(NC2CC3CCC2O3)c(N)c1. The van der Waals surface area contributed by atoms with Crippen LogP contribution < -0.4 is 11.1 Å². The third kappa shape index (κ3) is 2.42. The number of hydrogen-bond acceptors (Lipinski definition) is 5. The Balaban J connectivity index is 1.79. The van der Waals surface area contributed by atoms with Crippen LogP contribution in [0.2, 0.25) is 0 Å². The second-order valence-corrected chi connectivity index (χ2v) is 7.40. The first-order valence-electron chi connectivity index (χ1n) is 6.45. The van der Waals surface area contributed by atoms with Gasteiger partial charge in [0, 0.05) is 6.26 Å². The second-order valence-electron chi connectivity index (χ2n) is 5.38. The number of ether oxygens (including phenoxy) is 1. The summed E-state index contributed by atoms with van der Waals surface area (Å²) in [6.07, 6.45) is 5.05. The van der Waals surface area contributed by atoms with Gasteiger partial charge in [-0.1, -0.05) is 0 Å². The van der Waals surface area contributed by atoms with Gasteiger partial charge in [0.1, 0.15) is 0 Å². The predicted octanol–water partition coefficient (Wildman–Crippen LogP) is 1.40. The normalized spacial score (nSPS) is 29.6. The van der Waals surface area contributed by atoms with E-state index in [9.17, 15) is 8.42 Å². The average molecular weight is 282 g/mol. The van der Waals surface area contributed by atoms with Gasteiger partial charge in [-0.15, -0.1) is 0 Å². The Hall–Kier alpha value is -1.27. The number of hydrogen-bond donors (Lipinski definition) is 2. The molecule has 2 aliphatic heterocycles. The summed E-state index contributed by atoms with van der Waals surface area (Å²) in [6.45, 7) is 0. The maximum atomic E-state index is 11.4. The summed E-state index contributed by atoms with van der Waals surface area (Å²) in [5.41, 5.74) is 7.18. The minimum Gasteiger partial charge on any atom is -0.397 e. The standard InChI is InChI=1S/C13H18N2O3S/c1-19(16,17)9-3-4-11(10(14)7-9)15-12-6-8-2-5-13(12)18-8/h3-4,7-8,12-13,15H,2,5-6,14H2,1H3. The molecular formula is C13H18N2O3S. The highest BCUT2D eigenvalue weighted by Crippen LogP contribution is 2.37. The first-order chi connectivity index (χ1) is 8.93. The summed E-state index contributed by atoms with van der Waals surface area (Å²) in [6, 6.07) is 5.11. The fourth-order valence-electron chi connectivity index (χ4n) is 2.89. The van der Waals surface area contributed by atoms with Crippen molar-refractivity contribution >= 4 is 21.2 Å². The van der Waals surface area contributed by atoms with E-state index in [0.29, 0.717) is 11.8 Å². The molecule has 0 saturated carbocycles. The quantitative estimate of drug-likeness (QED) is 0.819. The molecule has 1 aromatic rings. The van der Waals surface area contributed by atoms with E-state index in [2.05, 4.69) is 5.32 Å². The third-order valence-electron chi connectivity index (χ3n) is 3.90. The Morgan fingerprint density at radius 3 is 2.68 bits per heavy atom. The molecule has 2 heterocycles. The minimum absolute atomic E-state index is 0.250. The van der Waals surface area contributed by atoms with Crippen LogP contribution in [0.4, 0.5) is 11.4 Å². The molecule has 3 unspecified atom stereocenters. The van der Waals surface area contributed by atoms with Crippen molar-refractivity contribution in [2.75, 3.05) is 17.3 Å². The van der Waals surface area contributed by atoms with Crippen LogP contribution in [0.1, 0.15) is 19.3 Å². The van der Waals surface area contributed by atoms with Gasteiger partial charge in [-0.3, -0.25) is 0 Å². The molecule has 0 amide bonds. The van der Waals surface area contributed by atoms with Gasteiger partial charge in [0.2, 0.25) is 0 Å². The van der Waals surface area contributed by atoms with Gasteiger partial charge in [0.25, 0.3) is 0 Å². The smallest absolute Gasteiger partial charge is 0.175 e. The molecule has 3 N–H and O–H groups in total. The molecule has 0 aliphatic carbocycles. The maximum Gasteiger partial charge on any atom is 0.175 e. The molecule has 6 heteroatoms. The van der Waals surface area contributed by atoms with Crippen molar-refractivity contribution in [3.63, 3.8) is 0 Å². The van der Waals surface area contributed by atoms with Gasteiger partial charge in [-0.2, -0.15) is 0 Å². The predicted molar refractivity (Wildman–Crippen MR) is 73.9 cm³/mol. The average Bonchev–Trinajstić information content (AvgIpc) is 2.92. The fourth-order valence-corrected chi connectivity index (χ4v) is 3.55. The number of nitrogens with two attached hydrogens (primary N) is 1. The van der Waals surface area contributed by atoms with E-state index in [0.717, 1.165) is 24.9 Å². The van der Waals surface area contributed by atoms with Gasteiger partial charge in [0.15, 0.2) is 9.84 Å². The lowest BCUT2D eigenvalue weighted by Crippen LogP contribution is -2.30. The second kappa shape index (κ2) is 4.38. The lowest BCUT2D eigenvalue weighted by atomic mass is 9.95. The molecular weight excluding hydrogens is 264 g/mol. The monoisotopic (exact) mass is 282 g/mol. The Morgan fingerprint density at radius 2 is 2.16 bits per heavy atom. The zero-order valence-corrected chi connectivity index (χ0v) is 11.6. The van der Waals surface area contributed by atoms with Crippen molar-refractivity contribution in [1.82, 2.24) is 0 Å². The molecule has 0 spiro atoms. The molecule has 1 aromatic carbocycles. The molecule has 3 atom stereocenters. The molecule has 0 radical (unpaired) electrons. The van der Waals surface area contributed by atoms with Crippen molar-refractivity contribution < 1.29 is 13.2 Å². The van der Waals surface area contributed by atoms with Crippen LogP contribution in [0, 0.1) is 0 Å². The first-order valence-corrected chi connectivity index (χ1v) is 8.34. The van der Waals surface area contributed by atoms with Crippen molar-refractivity contribution in [1.29, 1.82) is 0 Å². The molecule has 19 heavy (non-hydrogen) atoms. The Morgan fingerprint density at radius 1 is 1.37 bits per heavy atom. The van der Waals surface area contributed by atoms with E-state index in [1.807, 2.05) is 0 Å². The number of fused-ring (bicyclic) bond motifs is 2. The van der Waals surface area contributed by atoms with Gasteiger partial charge in [-0.05, 0) is 37.5 Å². The minimum atomic E-state index is -3.21. The largest absolute Gasteiger partial charge is 0.397 e. The van der Waals surface area contributed by atoms with Crippen LogP contribution in [-0.2, 0) is 14.6 Å². The van der Waals surface area contributed by atoms with Crippen LogP contribution in [0.3, 0.4) is 0 Å². The lowest BCUT2D eigenvalue weighted by molar-refractivity contribution is 0.102. The van der Waals surface area contributed by atoms with E-state index in [-0.39, 0.29) is 17.0 Å². The molecule has 2 bridgehead atoms. The van der Waals surface area contributed by atoms with Gasteiger partial charge in [0.05, 0.1) is 34.5 Å². The Bertz CT molecular complexity index is 600. The maximum absolute atomic E-state index is 11.4. The van der Waals surface area contributed by atoms with E-state index in [4.69, 9.17) is 10.5 Å². The van der Waals surface area contributed by atoms with Gasteiger partial charge in [-0.25, -0.2) is 8.42 Å². The summed E-state index contributed by atoms with van der Waals surface area (Å²) < 4.78 is 28.7. The highest BCUT2D eigenvalue weighted by molar-refractivity contribution is 7.90. The molecule has 2 aliphatic rings. The van der Waals surface area contributed by atoms with Crippen molar-refractivity contribution in [2.45, 2.75) is 42.4 Å². The summed E-state index contributed by atoms with van der Waals surface area (Å²) in [4.78, 5) is 0.250. The van der Waals surface area contributed by atoms with Gasteiger partial charge >= 0.3 is 0 Å². The third-order valence-corrected chi connectivity index (χ3v) is 5.01. The van der Waals surface area contributed by atoms with Crippen molar-refractivity contribution in [2.24, 2.45) is 0 Å². The fraction of sp³-hybridized carbons (Fsp3) is 0.538. The highest BCUT2D eigenvalue weighted by atomic mass is 32.2. The summed E-state index contributed by atoms with van der Waals surface area (Å²) >= 11 is 0. The van der Waals surface area contributed by atoms with E-state index < -0.39 is 9.84 Å². The number of nitrogen functional groups attached to an aromatic ring is 1. The number of sulfone groups is 1. The van der Waals surface area contributed by atoms with Gasteiger partial charge < -0.3 is 15.8 Å². The molecule has 5 nitrogen and oxygen atoms in total. The van der Waals surface area contributed by atoms with E-state index in [1.54, 1.807) is 12.1 Å². The molecule has 3 rings (SSSR count). The molecule has 2 saturated heterocycles. The topological polar surface area (TPSA) is 81.4 Å². The molecule has 2 fully saturated rings. The van der Waals surface area contributed by atoms with Crippen molar-refractivity contribution in [3.05, 3.63) is 18.2 Å². The summed E-state index contributed by atoms with van der Waals surface area (Å²) in [5, 5.41) is 3.37. The van der Waals surface area contributed by atoms with Crippen LogP contribution in [0.15, 0.2) is 23.1 Å². The van der Waals surface area contributed by atoms with Crippen LogP contribution >= 0.6 is 0 Å². The molecule has 0 aromatic heterocycles. The highest BCUT2D eigenvalue weighted by Gasteiger charge is 2.40. The Labute approximate surface area is 113 Å². The van der Waals surface area contributed by atoms with E-state index in [1.165, 1.54) is 12.3 Å². The summed E-state index contributed by atoms with van der Waals surface area (Å²) in [5.74, 6) is 0. The lowest BCUT2D eigenvalue weighted by Gasteiger charge is -2.22. The first kappa shape index (κ1) is 12.7.